The van der Waals surface area contributed by atoms with Crippen LogP contribution in [0, 0.1) is 5.92 Å². The number of nitrogens with one attached hydrogen (secondary N) is 2. The van der Waals surface area contributed by atoms with E-state index in [4.69, 9.17) is 10.5 Å². The van der Waals surface area contributed by atoms with E-state index < -0.39 is 11.7 Å². The highest BCUT2D eigenvalue weighted by atomic mass is 127. The number of ether oxygens (including phenoxy) is 1. The van der Waals surface area contributed by atoms with Crippen LogP contribution in [0.4, 0.5) is 10.5 Å². The van der Waals surface area contributed by atoms with E-state index in [1.165, 1.54) is 17.5 Å². The Labute approximate surface area is 179 Å². The van der Waals surface area contributed by atoms with Crippen LogP contribution in [0.2, 0.25) is 0 Å². The van der Waals surface area contributed by atoms with Gasteiger partial charge in [0, 0.05) is 5.69 Å². The van der Waals surface area contributed by atoms with Gasteiger partial charge in [0.25, 0.3) is 0 Å². The maximum absolute atomic E-state index is 12.0. The van der Waals surface area contributed by atoms with Gasteiger partial charge in [-0.2, -0.15) is 0 Å². The van der Waals surface area contributed by atoms with Gasteiger partial charge in [0.1, 0.15) is 5.60 Å². The van der Waals surface area contributed by atoms with Gasteiger partial charge in [-0.05, 0) is 69.2 Å². The summed E-state index contributed by atoms with van der Waals surface area (Å²) < 4.78 is 5.32. The minimum atomic E-state index is -0.525. The Morgan fingerprint density at radius 1 is 1.26 bits per heavy atom. The molecule has 0 aliphatic heterocycles. The molecule has 1 unspecified atom stereocenters. The predicted molar refractivity (Wildman–Crippen MR) is 122 cm³/mol. The molecule has 1 aliphatic carbocycles. The lowest BCUT2D eigenvalue weighted by atomic mass is 10.1. The highest BCUT2D eigenvalue weighted by Gasteiger charge is 2.21. The number of anilines is 1. The number of rotatable bonds is 5. The number of carbonyl (C=O) groups is 1. The second-order valence-electron chi connectivity index (χ2n) is 8.18. The monoisotopic (exact) mass is 488 g/mol. The number of nitrogens with zero attached hydrogens (tertiary/aromatic N) is 1. The first-order valence-corrected chi connectivity index (χ1v) is 9.32. The fourth-order valence-corrected chi connectivity index (χ4v) is 2.92. The molecule has 2 rings (SSSR count). The van der Waals surface area contributed by atoms with Crippen LogP contribution in [0.5, 0.6) is 0 Å². The smallest absolute Gasteiger partial charge is 0.407 e. The third-order valence-corrected chi connectivity index (χ3v) is 4.34. The summed E-state index contributed by atoms with van der Waals surface area (Å²) in [6, 6.07) is 6.18. The molecule has 1 atom stereocenters. The van der Waals surface area contributed by atoms with Crippen LogP contribution in [0.1, 0.15) is 52.2 Å². The third kappa shape index (κ3) is 7.94. The molecular formula is C20H33IN4O2. The molecule has 0 aromatic heterocycles. The molecule has 0 spiro atoms. The number of hydrogen-bond donors (Lipinski definition) is 3. The Kier molecular flexibility index (Phi) is 8.84. The van der Waals surface area contributed by atoms with E-state index in [2.05, 4.69) is 27.8 Å². The number of aryl methyl sites for hydroxylation is 2. The number of nitrogens with two attached hydrogens (primary N) is 1. The Hall–Kier alpha value is -1.51. The molecule has 0 bridgehead atoms. The molecule has 0 fully saturated rings. The van der Waals surface area contributed by atoms with E-state index in [1.807, 2.05) is 40.7 Å². The number of aliphatic imine (C=N–C) groups is 1. The number of halogens is 1. The molecule has 1 aromatic carbocycles. The SMILES string of the molecule is CC(C)C(CN=C(N)Nc1ccc2c(c1)CCC2)NC(=O)OC(C)(C)C.I. The summed E-state index contributed by atoms with van der Waals surface area (Å²) in [4.78, 5) is 16.4. The van der Waals surface area contributed by atoms with Crippen LogP contribution in [0.3, 0.4) is 0 Å². The number of alkyl carbamates (subject to hydrolysis) is 1. The fourth-order valence-electron chi connectivity index (χ4n) is 2.92. The zero-order valence-corrected chi connectivity index (χ0v) is 19.3. The largest absolute Gasteiger partial charge is 0.444 e. The summed E-state index contributed by atoms with van der Waals surface area (Å²) in [5, 5.41) is 6.02. The molecule has 1 amide bonds. The van der Waals surface area contributed by atoms with Crippen molar-refractivity contribution in [2.24, 2.45) is 16.6 Å². The van der Waals surface area contributed by atoms with Crippen molar-refractivity contribution in [1.82, 2.24) is 5.32 Å². The molecular weight excluding hydrogens is 455 g/mol. The van der Waals surface area contributed by atoms with Gasteiger partial charge >= 0.3 is 6.09 Å². The maximum atomic E-state index is 12.0. The predicted octanol–water partition coefficient (Wildman–Crippen LogP) is 4.07. The molecule has 0 saturated heterocycles. The molecule has 0 radical (unpaired) electrons. The molecule has 7 heteroatoms. The molecule has 0 saturated carbocycles. The number of benzene rings is 1. The molecule has 4 N–H and O–H groups in total. The van der Waals surface area contributed by atoms with Gasteiger partial charge in [-0.3, -0.25) is 4.99 Å². The molecule has 1 aliphatic rings. The summed E-state index contributed by atoms with van der Waals surface area (Å²) in [6.45, 7) is 9.97. The highest BCUT2D eigenvalue weighted by Crippen LogP contribution is 2.24. The normalized spacial score (nSPS) is 15.0. The van der Waals surface area contributed by atoms with E-state index >= 15 is 0 Å². The summed E-state index contributed by atoms with van der Waals surface area (Å²) in [5.41, 5.74) is 9.26. The van der Waals surface area contributed by atoms with Crippen molar-refractivity contribution in [3.63, 3.8) is 0 Å². The topological polar surface area (TPSA) is 88.7 Å². The molecule has 6 nitrogen and oxygen atoms in total. The van der Waals surface area contributed by atoms with Crippen LogP contribution in [0.25, 0.3) is 0 Å². The first kappa shape index (κ1) is 23.5. The van der Waals surface area contributed by atoms with Crippen LogP contribution >= 0.6 is 24.0 Å². The Balaban J connectivity index is 0.00000364. The number of hydrogen-bond acceptors (Lipinski definition) is 3. The molecule has 1 aromatic rings. The third-order valence-electron chi connectivity index (χ3n) is 4.34. The Morgan fingerprint density at radius 2 is 1.93 bits per heavy atom. The van der Waals surface area contributed by atoms with Crippen molar-refractivity contribution in [3.8, 4) is 0 Å². The van der Waals surface area contributed by atoms with Crippen molar-refractivity contribution in [2.45, 2.75) is 65.5 Å². The quantitative estimate of drug-likeness (QED) is 0.331. The highest BCUT2D eigenvalue weighted by molar-refractivity contribution is 14.0. The van der Waals surface area contributed by atoms with Crippen molar-refractivity contribution < 1.29 is 9.53 Å². The number of carbonyl (C=O) groups excluding carboxylic acids is 1. The second-order valence-corrected chi connectivity index (χ2v) is 8.18. The van der Waals surface area contributed by atoms with Gasteiger partial charge in [0.15, 0.2) is 5.96 Å². The van der Waals surface area contributed by atoms with Crippen LogP contribution in [-0.2, 0) is 17.6 Å². The lowest BCUT2D eigenvalue weighted by Gasteiger charge is -2.25. The average Bonchev–Trinajstić information content (AvgIpc) is 2.97. The second kappa shape index (κ2) is 10.1. The van der Waals surface area contributed by atoms with Crippen molar-refractivity contribution >= 4 is 41.7 Å². The summed E-state index contributed by atoms with van der Waals surface area (Å²) >= 11 is 0. The van der Waals surface area contributed by atoms with Crippen LogP contribution in [-0.4, -0.2) is 30.2 Å². The van der Waals surface area contributed by atoms with Crippen molar-refractivity contribution in [3.05, 3.63) is 29.3 Å². The van der Waals surface area contributed by atoms with E-state index in [0.717, 1.165) is 18.5 Å². The van der Waals surface area contributed by atoms with Crippen LogP contribution in [0.15, 0.2) is 23.2 Å². The van der Waals surface area contributed by atoms with Crippen molar-refractivity contribution in [2.75, 3.05) is 11.9 Å². The van der Waals surface area contributed by atoms with E-state index in [0.29, 0.717) is 12.5 Å². The van der Waals surface area contributed by atoms with Crippen LogP contribution < -0.4 is 16.4 Å². The van der Waals surface area contributed by atoms with Gasteiger partial charge in [-0.25, -0.2) is 4.79 Å². The fraction of sp³-hybridized carbons (Fsp3) is 0.600. The zero-order chi connectivity index (χ0) is 19.3. The standard InChI is InChI=1S/C20H32N4O2.HI/c1-13(2)17(24-19(25)26-20(3,4)5)12-22-18(21)23-16-10-9-14-7-6-8-15(14)11-16;/h9-11,13,17H,6-8,12H2,1-5H3,(H,24,25)(H3,21,22,23);1H. The Bertz CT molecular complexity index is 668. The van der Waals surface area contributed by atoms with Gasteiger partial charge in [0.2, 0.25) is 0 Å². The van der Waals surface area contributed by atoms with E-state index in [9.17, 15) is 4.79 Å². The van der Waals surface area contributed by atoms with E-state index in [-0.39, 0.29) is 35.9 Å². The van der Waals surface area contributed by atoms with E-state index in [1.54, 1.807) is 0 Å². The lowest BCUT2D eigenvalue weighted by Crippen LogP contribution is -2.44. The minimum Gasteiger partial charge on any atom is -0.444 e. The number of amides is 1. The lowest BCUT2D eigenvalue weighted by molar-refractivity contribution is 0.0493. The zero-order valence-electron chi connectivity index (χ0n) is 17.0. The molecule has 152 valence electrons. The van der Waals surface area contributed by atoms with Gasteiger partial charge in [-0.15, -0.1) is 24.0 Å². The first-order chi connectivity index (χ1) is 12.1. The number of fused-ring (bicyclic) bond motifs is 1. The summed E-state index contributed by atoms with van der Waals surface area (Å²) in [6.07, 6.45) is 3.06. The number of guanidine groups is 1. The van der Waals surface area contributed by atoms with Gasteiger partial charge < -0.3 is 21.1 Å². The maximum Gasteiger partial charge on any atom is 0.407 e. The summed E-state index contributed by atoms with van der Waals surface area (Å²) in [5.74, 6) is 0.554. The van der Waals surface area contributed by atoms with Gasteiger partial charge in [-0.1, -0.05) is 19.9 Å². The summed E-state index contributed by atoms with van der Waals surface area (Å²) in [7, 11) is 0. The molecule has 27 heavy (non-hydrogen) atoms. The average molecular weight is 488 g/mol. The van der Waals surface area contributed by atoms with Gasteiger partial charge in [0.05, 0.1) is 12.6 Å². The van der Waals surface area contributed by atoms with Crippen molar-refractivity contribution in [1.29, 1.82) is 0 Å². The minimum absolute atomic E-state index is 0. The first-order valence-electron chi connectivity index (χ1n) is 9.32. The Morgan fingerprint density at radius 3 is 2.56 bits per heavy atom. The molecule has 0 heterocycles.